The molecule has 0 aromatic carbocycles. The van der Waals surface area contributed by atoms with Gasteiger partial charge >= 0.3 is 0 Å². The molecule has 0 aliphatic heterocycles. The summed E-state index contributed by atoms with van der Waals surface area (Å²) in [5.41, 5.74) is 6.26. The Morgan fingerprint density at radius 1 is 1.58 bits per heavy atom. The van der Waals surface area contributed by atoms with E-state index in [0.717, 1.165) is 5.69 Å². The van der Waals surface area contributed by atoms with Gasteiger partial charge in [0.05, 0.1) is 18.4 Å². The molecule has 1 unspecified atom stereocenters. The van der Waals surface area contributed by atoms with E-state index in [9.17, 15) is 0 Å². The lowest BCUT2D eigenvalue weighted by molar-refractivity contribution is 0.0688. The molecule has 1 aromatic heterocycles. The Labute approximate surface area is 72.6 Å². The molecule has 1 rings (SSSR count). The summed E-state index contributed by atoms with van der Waals surface area (Å²) < 4.78 is 5.39. The lowest BCUT2D eigenvalue weighted by Crippen LogP contribution is -2.11. The highest BCUT2D eigenvalue weighted by Gasteiger charge is 2.04. The summed E-state index contributed by atoms with van der Waals surface area (Å²) in [5.74, 6) is 0. The highest BCUT2D eigenvalue weighted by atomic mass is 16.5. The molecule has 3 nitrogen and oxygen atoms in total. The number of rotatable bonds is 4. The maximum atomic E-state index is 5.39. The summed E-state index contributed by atoms with van der Waals surface area (Å²) in [6.07, 6.45) is 1.80. The molecule has 0 radical (unpaired) electrons. The lowest BCUT2D eigenvalue weighted by atomic mass is 10.2. The van der Waals surface area contributed by atoms with Crippen molar-refractivity contribution in [3.8, 4) is 0 Å². The minimum atomic E-state index is 0.0368. The van der Waals surface area contributed by atoms with Crippen LogP contribution in [-0.4, -0.2) is 18.1 Å². The van der Waals surface area contributed by atoms with Crippen molar-refractivity contribution in [1.82, 2.24) is 4.98 Å². The van der Waals surface area contributed by atoms with Gasteiger partial charge in [0.1, 0.15) is 0 Å². The molecule has 66 valence electrons. The first kappa shape index (κ1) is 9.16. The SMILES string of the molecule is CC(OCCN)c1ccccn1. The topological polar surface area (TPSA) is 48.1 Å². The van der Waals surface area contributed by atoms with Crippen LogP contribution in [0.3, 0.4) is 0 Å². The molecule has 1 atom stereocenters. The second kappa shape index (κ2) is 4.85. The van der Waals surface area contributed by atoms with Crippen molar-refractivity contribution < 1.29 is 4.74 Å². The van der Waals surface area contributed by atoms with Gasteiger partial charge in [0, 0.05) is 12.7 Å². The van der Waals surface area contributed by atoms with Crippen molar-refractivity contribution in [2.45, 2.75) is 13.0 Å². The van der Waals surface area contributed by atoms with Crippen molar-refractivity contribution in [2.24, 2.45) is 5.73 Å². The van der Waals surface area contributed by atoms with Crippen LogP contribution in [0.1, 0.15) is 18.7 Å². The van der Waals surface area contributed by atoms with Crippen molar-refractivity contribution in [1.29, 1.82) is 0 Å². The van der Waals surface area contributed by atoms with Crippen LogP contribution in [0.25, 0.3) is 0 Å². The van der Waals surface area contributed by atoms with Crippen LogP contribution in [0.4, 0.5) is 0 Å². The normalized spacial score (nSPS) is 12.8. The fraction of sp³-hybridized carbons (Fsp3) is 0.444. The fourth-order valence-corrected chi connectivity index (χ4v) is 0.947. The van der Waals surface area contributed by atoms with E-state index in [1.165, 1.54) is 0 Å². The van der Waals surface area contributed by atoms with Crippen LogP contribution in [0.5, 0.6) is 0 Å². The summed E-state index contributed by atoms with van der Waals surface area (Å²) in [4.78, 5) is 4.17. The first-order valence-corrected chi connectivity index (χ1v) is 4.07. The highest BCUT2D eigenvalue weighted by Crippen LogP contribution is 2.11. The highest BCUT2D eigenvalue weighted by molar-refractivity contribution is 5.05. The molecule has 1 heterocycles. The van der Waals surface area contributed by atoms with E-state index in [-0.39, 0.29) is 6.10 Å². The zero-order valence-corrected chi connectivity index (χ0v) is 7.23. The number of ether oxygens (including phenoxy) is 1. The second-order valence-electron chi connectivity index (χ2n) is 2.56. The van der Waals surface area contributed by atoms with Crippen LogP contribution in [0, 0.1) is 0 Å². The van der Waals surface area contributed by atoms with E-state index in [1.807, 2.05) is 25.1 Å². The number of hydrogen-bond acceptors (Lipinski definition) is 3. The van der Waals surface area contributed by atoms with Gasteiger partial charge in [0.15, 0.2) is 0 Å². The number of nitrogens with zero attached hydrogens (tertiary/aromatic N) is 1. The Bertz CT molecular complexity index is 213. The summed E-state index contributed by atoms with van der Waals surface area (Å²) in [6, 6.07) is 5.78. The fourth-order valence-electron chi connectivity index (χ4n) is 0.947. The quantitative estimate of drug-likeness (QED) is 0.729. The van der Waals surface area contributed by atoms with Crippen molar-refractivity contribution in [3.63, 3.8) is 0 Å². The monoisotopic (exact) mass is 166 g/mol. The Kier molecular flexibility index (Phi) is 3.70. The molecule has 0 spiro atoms. The van der Waals surface area contributed by atoms with E-state index in [4.69, 9.17) is 10.5 Å². The Balaban J connectivity index is 2.48. The molecular weight excluding hydrogens is 152 g/mol. The Hall–Kier alpha value is -0.930. The van der Waals surface area contributed by atoms with Gasteiger partial charge in [-0.05, 0) is 19.1 Å². The van der Waals surface area contributed by atoms with Crippen LogP contribution in [0.2, 0.25) is 0 Å². The first-order chi connectivity index (χ1) is 5.84. The van der Waals surface area contributed by atoms with Crippen molar-refractivity contribution in [2.75, 3.05) is 13.2 Å². The molecule has 0 fully saturated rings. The van der Waals surface area contributed by atoms with Crippen molar-refractivity contribution >= 4 is 0 Å². The number of pyridine rings is 1. The van der Waals surface area contributed by atoms with Crippen LogP contribution < -0.4 is 5.73 Å². The number of hydrogen-bond donors (Lipinski definition) is 1. The molecule has 0 aliphatic rings. The van der Waals surface area contributed by atoms with Crippen LogP contribution in [0.15, 0.2) is 24.4 Å². The standard InChI is InChI=1S/C9H14N2O/c1-8(12-7-5-10)9-4-2-3-6-11-9/h2-4,6,8H,5,7,10H2,1H3. The molecule has 0 saturated heterocycles. The molecule has 1 aromatic rings. The molecule has 2 N–H and O–H groups in total. The van der Waals surface area contributed by atoms with E-state index in [2.05, 4.69) is 4.98 Å². The largest absolute Gasteiger partial charge is 0.371 e. The minimum Gasteiger partial charge on any atom is -0.371 e. The molecule has 0 aliphatic carbocycles. The number of aromatic nitrogens is 1. The maximum absolute atomic E-state index is 5.39. The average Bonchev–Trinajstić information content (AvgIpc) is 2.15. The Morgan fingerprint density at radius 2 is 2.42 bits per heavy atom. The van der Waals surface area contributed by atoms with Crippen molar-refractivity contribution in [3.05, 3.63) is 30.1 Å². The Morgan fingerprint density at radius 3 is 3.00 bits per heavy atom. The summed E-state index contributed by atoms with van der Waals surface area (Å²) in [6.45, 7) is 3.10. The molecular formula is C9H14N2O. The zero-order valence-electron chi connectivity index (χ0n) is 7.23. The summed E-state index contributed by atoms with van der Waals surface area (Å²) in [5, 5.41) is 0. The van der Waals surface area contributed by atoms with Gasteiger partial charge in [-0.3, -0.25) is 4.98 Å². The van der Waals surface area contributed by atoms with E-state index in [0.29, 0.717) is 13.2 Å². The molecule has 0 amide bonds. The third kappa shape index (κ3) is 2.60. The first-order valence-electron chi connectivity index (χ1n) is 4.07. The van der Waals surface area contributed by atoms with Gasteiger partial charge in [0.25, 0.3) is 0 Å². The zero-order chi connectivity index (χ0) is 8.81. The number of nitrogens with two attached hydrogens (primary N) is 1. The van der Waals surface area contributed by atoms with Crippen LogP contribution in [-0.2, 0) is 4.74 Å². The maximum Gasteiger partial charge on any atom is 0.0967 e. The second-order valence-corrected chi connectivity index (χ2v) is 2.56. The average molecular weight is 166 g/mol. The molecule has 0 saturated carbocycles. The van der Waals surface area contributed by atoms with Gasteiger partial charge < -0.3 is 10.5 Å². The van der Waals surface area contributed by atoms with E-state index >= 15 is 0 Å². The van der Waals surface area contributed by atoms with Gasteiger partial charge in [-0.1, -0.05) is 6.07 Å². The van der Waals surface area contributed by atoms with Crippen LogP contribution >= 0.6 is 0 Å². The van der Waals surface area contributed by atoms with Gasteiger partial charge in [0.2, 0.25) is 0 Å². The lowest BCUT2D eigenvalue weighted by Gasteiger charge is -2.10. The molecule has 3 heteroatoms. The van der Waals surface area contributed by atoms with Gasteiger partial charge in [-0.15, -0.1) is 0 Å². The van der Waals surface area contributed by atoms with Gasteiger partial charge in [-0.25, -0.2) is 0 Å². The molecule has 0 bridgehead atoms. The smallest absolute Gasteiger partial charge is 0.0967 e. The summed E-state index contributed by atoms with van der Waals surface area (Å²) in [7, 11) is 0. The van der Waals surface area contributed by atoms with E-state index in [1.54, 1.807) is 6.20 Å². The third-order valence-electron chi connectivity index (χ3n) is 1.59. The van der Waals surface area contributed by atoms with Gasteiger partial charge in [-0.2, -0.15) is 0 Å². The predicted molar refractivity (Wildman–Crippen MR) is 47.7 cm³/mol. The predicted octanol–water partition coefficient (Wildman–Crippen LogP) is 1.12. The summed E-state index contributed by atoms with van der Waals surface area (Å²) >= 11 is 0. The minimum absolute atomic E-state index is 0.0368. The van der Waals surface area contributed by atoms with E-state index < -0.39 is 0 Å². The third-order valence-corrected chi connectivity index (χ3v) is 1.59. The molecule has 12 heavy (non-hydrogen) atoms.